The zero-order valence-corrected chi connectivity index (χ0v) is 21.8. The molecule has 6 heteroatoms. The van der Waals surface area contributed by atoms with Crippen LogP contribution in [0.25, 0.3) is 11.0 Å². The van der Waals surface area contributed by atoms with Crippen molar-refractivity contribution in [3.05, 3.63) is 53.2 Å². The highest BCUT2D eigenvalue weighted by atomic mass is 16.5. The second-order valence-electron chi connectivity index (χ2n) is 10.5. The van der Waals surface area contributed by atoms with Crippen LogP contribution >= 0.6 is 0 Å². The predicted molar refractivity (Wildman–Crippen MR) is 141 cm³/mol. The molecule has 0 radical (unpaired) electrons. The molecular weight excluding hydrogens is 438 g/mol. The number of nitrogens with zero attached hydrogens (tertiary/aromatic N) is 3. The maximum Gasteiger partial charge on any atom is 0.175 e. The number of ether oxygens (including phenoxy) is 1. The van der Waals surface area contributed by atoms with Crippen molar-refractivity contribution in [3.63, 3.8) is 0 Å². The standard InChI is InChI=1S/C29H41N3O3/c1-5-32(18-22-9-11-24(33)12-10-22)17-16-21(2)6-14-27-25-13-15-28(34-20-23-7-8-23)26(19-31(3)4)29(25)35-30-27/h9-13,15,21,23,33H,5-8,14,16-20H2,1-4H3. The topological polar surface area (TPSA) is 62.0 Å². The van der Waals surface area contributed by atoms with Crippen LogP contribution in [0.3, 0.4) is 0 Å². The minimum absolute atomic E-state index is 0.321. The Bertz CT molecular complexity index is 1070. The molecule has 0 aliphatic heterocycles. The number of aromatic hydroxyl groups is 1. The van der Waals surface area contributed by atoms with Gasteiger partial charge in [0.2, 0.25) is 0 Å². The summed E-state index contributed by atoms with van der Waals surface area (Å²) in [5, 5.41) is 15.1. The molecule has 1 aromatic heterocycles. The largest absolute Gasteiger partial charge is 0.508 e. The third-order valence-electron chi connectivity index (χ3n) is 7.02. The van der Waals surface area contributed by atoms with Crippen LogP contribution in [0.15, 0.2) is 40.9 Å². The smallest absolute Gasteiger partial charge is 0.175 e. The summed E-state index contributed by atoms with van der Waals surface area (Å²) in [4.78, 5) is 4.62. The van der Waals surface area contributed by atoms with Gasteiger partial charge in [-0.2, -0.15) is 0 Å². The van der Waals surface area contributed by atoms with Crippen molar-refractivity contribution in [2.75, 3.05) is 33.8 Å². The lowest BCUT2D eigenvalue weighted by molar-refractivity contribution is 0.255. The molecule has 0 saturated heterocycles. The van der Waals surface area contributed by atoms with Crippen LogP contribution < -0.4 is 4.74 Å². The van der Waals surface area contributed by atoms with E-state index in [2.05, 4.69) is 55.0 Å². The molecule has 0 amide bonds. The van der Waals surface area contributed by atoms with Gasteiger partial charge >= 0.3 is 0 Å². The number of aryl methyl sites for hydroxylation is 1. The van der Waals surface area contributed by atoms with E-state index in [1.807, 2.05) is 12.1 Å². The average Bonchev–Trinajstić information content (AvgIpc) is 3.58. The Labute approximate surface area is 209 Å². The van der Waals surface area contributed by atoms with Crippen LogP contribution in [0.2, 0.25) is 0 Å². The van der Waals surface area contributed by atoms with Crippen LogP contribution in [0, 0.1) is 11.8 Å². The van der Waals surface area contributed by atoms with E-state index in [1.165, 1.54) is 18.4 Å². The molecule has 1 aliphatic carbocycles. The lowest BCUT2D eigenvalue weighted by Crippen LogP contribution is -2.25. The summed E-state index contributed by atoms with van der Waals surface area (Å²) in [6.07, 6.45) is 5.71. The minimum Gasteiger partial charge on any atom is -0.508 e. The summed E-state index contributed by atoms with van der Waals surface area (Å²) in [6, 6.07) is 11.8. The van der Waals surface area contributed by atoms with Gasteiger partial charge < -0.3 is 19.3 Å². The molecule has 1 saturated carbocycles. The number of hydrogen-bond donors (Lipinski definition) is 1. The number of rotatable bonds is 14. The third kappa shape index (κ3) is 7.21. The molecule has 2 aromatic carbocycles. The normalized spacial score (nSPS) is 14.8. The Hall–Kier alpha value is -2.57. The van der Waals surface area contributed by atoms with Crippen molar-refractivity contribution < 1.29 is 14.4 Å². The maximum atomic E-state index is 9.51. The molecule has 1 N–H and O–H groups in total. The van der Waals surface area contributed by atoms with Crippen molar-refractivity contribution in [2.24, 2.45) is 11.8 Å². The van der Waals surface area contributed by atoms with Crippen molar-refractivity contribution in [2.45, 2.75) is 59.0 Å². The Morgan fingerprint density at radius 2 is 1.86 bits per heavy atom. The van der Waals surface area contributed by atoms with Crippen LogP contribution in [0.5, 0.6) is 11.5 Å². The molecule has 0 bridgehead atoms. The monoisotopic (exact) mass is 479 g/mol. The van der Waals surface area contributed by atoms with Crippen molar-refractivity contribution in [3.8, 4) is 11.5 Å². The Morgan fingerprint density at radius 1 is 1.09 bits per heavy atom. The van der Waals surface area contributed by atoms with Crippen LogP contribution in [0.1, 0.15) is 56.4 Å². The predicted octanol–water partition coefficient (Wildman–Crippen LogP) is 5.86. The zero-order chi connectivity index (χ0) is 24.8. The summed E-state index contributed by atoms with van der Waals surface area (Å²) >= 11 is 0. The molecule has 4 rings (SSSR count). The molecule has 0 spiro atoms. The second-order valence-corrected chi connectivity index (χ2v) is 10.5. The third-order valence-corrected chi connectivity index (χ3v) is 7.02. The fourth-order valence-electron chi connectivity index (χ4n) is 4.50. The van der Waals surface area contributed by atoms with Gasteiger partial charge in [0.15, 0.2) is 5.58 Å². The first kappa shape index (κ1) is 25.5. The minimum atomic E-state index is 0.321. The van der Waals surface area contributed by atoms with Gasteiger partial charge in [0, 0.05) is 18.5 Å². The van der Waals surface area contributed by atoms with Crippen LogP contribution in [0.4, 0.5) is 0 Å². The lowest BCUT2D eigenvalue weighted by atomic mass is 9.98. The quantitative estimate of drug-likeness (QED) is 0.312. The highest BCUT2D eigenvalue weighted by molar-refractivity contribution is 5.84. The summed E-state index contributed by atoms with van der Waals surface area (Å²) in [6.45, 7) is 9.10. The maximum absolute atomic E-state index is 9.51. The van der Waals surface area contributed by atoms with E-state index in [9.17, 15) is 5.11 Å². The first-order chi connectivity index (χ1) is 16.9. The summed E-state index contributed by atoms with van der Waals surface area (Å²) in [5.74, 6) is 2.57. The number of phenolic OH excluding ortho intramolecular Hbond substituents is 1. The summed E-state index contributed by atoms with van der Waals surface area (Å²) in [7, 11) is 4.15. The number of fused-ring (bicyclic) bond motifs is 1. The van der Waals surface area contributed by atoms with Gasteiger partial charge in [-0.25, -0.2) is 0 Å². The summed E-state index contributed by atoms with van der Waals surface area (Å²) in [5.41, 5.74) is 4.27. The van der Waals surface area contributed by atoms with E-state index >= 15 is 0 Å². The fourth-order valence-corrected chi connectivity index (χ4v) is 4.50. The molecule has 6 nitrogen and oxygen atoms in total. The molecule has 1 unspecified atom stereocenters. The van der Waals surface area contributed by atoms with E-state index in [0.717, 1.165) is 85.9 Å². The van der Waals surface area contributed by atoms with Crippen LogP contribution in [-0.2, 0) is 19.5 Å². The number of phenols is 1. The van der Waals surface area contributed by atoms with E-state index < -0.39 is 0 Å². The highest BCUT2D eigenvalue weighted by Crippen LogP contribution is 2.34. The Morgan fingerprint density at radius 3 is 2.54 bits per heavy atom. The molecule has 1 atom stereocenters. The number of aromatic nitrogens is 1. The van der Waals surface area contributed by atoms with E-state index in [1.54, 1.807) is 12.1 Å². The SMILES string of the molecule is CCN(CCC(C)CCc1noc2c(CN(C)C)c(OCC3CC3)ccc12)Cc1ccc(O)cc1. The fraction of sp³-hybridized carbons (Fsp3) is 0.552. The number of benzene rings is 2. The van der Waals surface area contributed by atoms with Gasteiger partial charge in [0.25, 0.3) is 0 Å². The van der Waals surface area contributed by atoms with Gasteiger partial charge in [-0.15, -0.1) is 0 Å². The van der Waals surface area contributed by atoms with Crippen LogP contribution in [-0.4, -0.2) is 53.9 Å². The van der Waals surface area contributed by atoms with E-state index in [4.69, 9.17) is 9.26 Å². The molecule has 1 heterocycles. The Kier molecular flexibility index (Phi) is 8.69. The molecular formula is C29H41N3O3. The van der Waals surface area contributed by atoms with E-state index in [-0.39, 0.29) is 0 Å². The van der Waals surface area contributed by atoms with Gasteiger partial charge in [0.05, 0.1) is 17.9 Å². The van der Waals surface area contributed by atoms with Crippen molar-refractivity contribution >= 4 is 11.0 Å². The van der Waals surface area contributed by atoms with Crippen molar-refractivity contribution in [1.82, 2.24) is 15.0 Å². The number of hydrogen-bond acceptors (Lipinski definition) is 6. The van der Waals surface area contributed by atoms with E-state index in [0.29, 0.717) is 11.7 Å². The molecule has 35 heavy (non-hydrogen) atoms. The van der Waals surface area contributed by atoms with Gasteiger partial charge in [-0.1, -0.05) is 31.1 Å². The highest BCUT2D eigenvalue weighted by Gasteiger charge is 2.24. The lowest BCUT2D eigenvalue weighted by Gasteiger charge is -2.22. The molecule has 1 aliphatic rings. The Balaban J connectivity index is 1.34. The summed E-state index contributed by atoms with van der Waals surface area (Å²) < 4.78 is 12.0. The van der Waals surface area contributed by atoms with Gasteiger partial charge in [0.1, 0.15) is 11.5 Å². The van der Waals surface area contributed by atoms with Gasteiger partial charge in [-0.05, 0) is 101 Å². The zero-order valence-electron chi connectivity index (χ0n) is 21.8. The first-order valence-electron chi connectivity index (χ1n) is 13.1. The first-order valence-corrected chi connectivity index (χ1v) is 13.1. The molecule has 1 fully saturated rings. The van der Waals surface area contributed by atoms with Crippen molar-refractivity contribution in [1.29, 1.82) is 0 Å². The average molecular weight is 480 g/mol. The molecule has 190 valence electrons. The van der Waals surface area contributed by atoms with Gasteiger partial charge in [-0.3, -0.25) is 4.90 Å². The molecule has 3 aromatic rings. The second kappa shape index (κ2) is 11.9.